The molecule has 0 bridgehead atoms. The van der Waals surface area contributed by atoms with Gasteiger partial charge in [0.05, 0.1) is 4.90 Å². The third-order valence-electron chi connectivity index (χ3n) is 5.21. The summed E-state index contributed by atoms with van der Waals surface area (Å²) < 4.78 is 27.1. The molecule has 0 saturated heterocycles. The normalized spacial score (nSPS) is 14.1. The molecule has 3 rings (SSSR count). The lowest BCUT2D eigenvalue weighted by Crippen LogP contribution is -2.38. The van der Waals surface area contributed by atoms with Crippen molar-refractivity contribution in [2.24, 2.45) is 0 Å². The van der Waals surface area contributed by atoms with Crippen LogP contribution in [-0.4, -0.2) is 42.4 Å². The molecule has 1 N–H and O–H groups in total. The van der Waals surface area contributed by atoms with Crippen molar-refractivity contribution in [2.45, 2.75) is 38.6 Å². The number of nitrogens with one attached hydrogen (secondary N) is 1. The van der Waals surface area contributed by atoms with Gasteiger partial charge in [-0.2, -0.15) is 4.31 Å². The van der Waals surface area contributed by atoms with E-state index in [1.807, 2.05) is 32.9 Å². The fourth-order valence-corrected chi connectivity index (χ4v) is 5.22. The van der Waals surface area contributed by atoms with Crippen LogP contribution >= 0.6 is 12.2 Å². The van der Waals surface area contributed by atoms with Gasteiger partial charge in [-0.25, -0.2) is 8.42 Å². The van der Waals surface area contributed by atoms with E-state index in [9.17, 15) is 8.42 Å². The maximum Gasteiger partial charge on any atom is 0.243 e. The number of hydrogen-bond donors (Lipinski definition) is 1. The summed E-state index contributed by atoms with van der Waals surface area (Å²) in [5.74, 6) is 0. The van der Waals surface area contributed by atoms with Gasteiger partial charge < -0.3 is 10.2 Å². The number of hydrogen-bond acceptors (Lipinski definition) is 3. The van der Waals surface area contributed by atoms with E-state index in [-0.39, 0.29) is 4.90 Å². The molecule has 5 nitrogen and oxygen atoms in total. The smallest absolute Gasteiger partial charge is 0.243 e. The van der Waals surface area contributed by atoms with E-state index in [2.05, 4.69) is 28.4 Å². The number of rotatable bonds is 5. The Bertz CT molecular complexity index is 969. The molecule has 1 aliphatic rings. The van der Waals surface area contributed by atoms with Crippen molar-refractivity contribution in [1.82, 2.24) is 9.21 Å². The Balaban J connectivity index is 1.80. The van der Waals surface area contributed by atoms with Crippen LogP contribution in [0.2, 0.25) is 0 Å². The first kappa shape index (κ1) is 20.8. The van der Waals surface area contributed by atoms with Crippen molar-refractivity contribution < 1.29 is 8.42 Å². The Hall–Kier alpha value is -1.96. The molecule has 2 aromatic carbocycles. The van der Waals surface area contributed by atoms with Gasteiger partial charge in [-0.3, -0.25) is 0 Å². The highest BCUT2D eigenvalue weighted by molar-refractivity contribution is 7.89. The molecule has 1 aliphatic heterocycles. The third kappa shape index (κ3) is 4.21. The van der Waals surface area contributed by atoms with Gasteiger partial charge in [-0.15, -0.1) is 0 Å². The molecule has 1 heterocycles. The topological polar surface area (TPSA) is 52.7 Å². The molecule has 28 heavy (non-hydrogen) atoms. The number of sulfonamides is 1. The zero-order valence-electron chi connectivity index (χ0n) is 16.6. The van der Waals surface area contributed by atoms with Gasteiger partial charge in [0.15, 0.2) is 5.11 Å². The summed E-state index contributed by atoms with van der Waals surface area (Å²) in [5.41, 5.74) is 4.34. The monoisotopic (exact) mass is 417 g/mol. The second-order valence-corrected chi connectivity index (χ2v) is 9.26. The van der Waals surface area contributed by atoms with Crippen LogP contribution in [0.5, 0.6) is 0 Å². The molecule has 0 spiro atoms. The summed E-state index contributed by atoms with van der Waals surface area (Å²) in [5, 5.41) is 3.89. The Morgan fingerprint density at radius 3 is 2.50 bits per heavy atom. The number of fused-ring (bicyclic) bond motifs is 1. The quantitative estimate of drug-likeness (QED) is 0.751. The Kier molecular flexibility index (Phi) is 6.37. The van der Waals surface area contributed by atoms with E-state index >= 15 is 0 Å². The average Bonchev–Trinajstić information content (AvgIpc) is 2.69. The van der Waals surface area contributed by atoms with Gasteiger partial charge in [0.1, 0.15) is 0 Å². The van der Waals surface area contributed by atoms with Gasteiger partial charge in [0.2, 0.25) is 10.0 Å². The minimum atomic E-state index is -3.50. The first-order chi connectivity index (χ1) is 13.4. The maximum atomic E-state index is 12.8. The van der Waals surface area contributed by atoms with Crippen LogP contribution in [0, 0.1) is 6.92 Å². The van der Waals surface area contributed by atoms with E-state index in [0.29, 0.717) is 18.2 Å². The molecular formula is C21H27N3O2S2. The largest absolute Gasteiger partial charge is 0.344 e. The van der Waals surface area contributed by atoms with Crippen molar-refractivity contribution in [1.29, 1.82) is 0 Å². The van der Waals surface area contributed by atoms with E-state index < -0.39 is 10.0 Å². The number of anilines is 1. The standard InChI is InChI=1S/C21H27N3O2S2/c1-4-24(5-2)28(25,26)19-11-10-16(3)20(14-19)22-21(27)23-13-12-17-8-6-7-9-18(17)15-23/h6-11,14H,4-5,12-13,15H2,1-3H3,(H,22,27). The maximum absolute atomic E-state index is 12.8. The molecule has 7 heteroatoms. The summed E-state index contributed by atoms with van der Waals surface area (Å²) in [6.07, 6.45) is 0.952. The lowest BCUT2D eigenvalue weighted by Gasteiger charge is -2.31. The fraction of sp³-hybridized carbons (Fsp3) is 0.381. The minimum Gasteiger partial charge on any atom is -0.344 e. The first-order valence-corrected chi connectivity index (χ1v) is 11.4. The summed E-state index contributed by atoms with van der Waals surface area (Å²) in [6, 6.07) is 13.6. The van der Waals surface area contributed by atoms with Crippen LogP contribution in [0.15, 0.2) is 47.4 Å². The Morgan fingerprint density at radius 2 is 1.82 bits per heavy atom. The van der Waals surface area contributed by atoms with E-state index in [4.69, 9.17) is 12.2 Å². The van der Waals surface area contributed by atoms with Gasteiger partial charge in [-0.05, 0) is 54.4 Å². The van der Waals surface area contributed by atoms with Crippen molar-refractivity contribution in [3.8, 4) is 0 Å². The number of thiocarbonyl (C=S) groups is 1. The molecule has 0 fully saturated rings. The Labute approximate surface area is 173 Å². The Morgan fingerprint density at radius 1 is 1.14 bits per heavy atom. The van der Waals surface area contributed by atoms with Crippen LogP contribution in [0.1, 0.15) is 30.5 Å². The summed E-state index contributed by atoms with van der Waals surface area (Å²) in [7, 11) is -3.50. The van der Waals surface area contributed by atoms with E-state index in [1.54, 1.807) is 12.1 Å². The molecule has 0 amide bonds. The van der Waals surface area contributed by atoms with Crippen LogP contribution in [-0.2, 0) is 23.0 Å². The predicted molar refractivity (Wildman–Crippen MR) is 118 cm³/mol. The van der Waals surface area contributed by atoms with Gasteiger partial charge in [-0.1, -0.05) is 44.2 Å². The summed E-state index contributed by atoms with van der Waals surface area (Å²) >= 11 is 5.63. The van der Waals surface area contributed by atoms with Crippen molar-refractivity contribution in [3.05, 3.63) is 59.2 Å². The first-order valence-electron chi connectivity index (χ1n) is 9.60. The zero-order valence-corrected chi connectivity index (χ0v) is 18.2. The second-order valence-electron chi connectivity index (χ2n) is 6.94. The highest BCUT2D eigenvalue weighted by Crippen LogP contribution is 2.25. The zero-order chi connectivity index (χ0) is 20.3. The highest BCUT2D eigenvalue weighted by Gasteiger charge is 2.23. The van der Waals surface area contributed by atoms with Crippen molar-refractivity contribution in [3.63, 3.8) is 0 Å². The van der Waals surface area contributed by atoms with E-state index in [1.165, 1.54) is 15.4 Å². The molecular weight excluding hydrogens is 390 g/mol. The fourth-order valence-electron chi connectivity index (χ4n) is 3.47. The molecule has 0 saturated carbocycles. The predicted octanol–water partition coefficient (Wildman–Crippen LogP) is 3.78. The molecule has 0 radical (unpaired) electrons. The van der Waals surface area contributed by atoms with Crippen molar-refractivity contribution >= 4 is 33.0 Å². The van der Waals surface area contributed by atoms with Crippen LogP contribution in [0.25, 0.3) is 0 Å². The number of benzene rings is 2. The van der Waals surface area contributed by atoms with Crippen molar-refractivity contribution in [2.75, 3.05) is 25.0 Å². The molecule has 0 aromatic heterocycles. The number of nitrogens with zero attached hydrogens (tertiary/aromatic N) is 2. The lowest BCUT2D eigenvalue weighted by atomic mass is 10.0. The second kappa shape index (κ2) is 8.59. The molecule has 2 aromatic rings. The van der Waals surface area contributed by atoms with Gasteiger partial charge in [0, 0.05) is 31.9 Å². The SMILES string of the molecule is CCN(CC)S(=O)(=O)c1ccc(C)c(NC(=S)N2CCc3ccccc3C2)c1. The number of aryl methyl sites for hydroxylation is 1. The summed E-state index contributed by atoms with van der Waals surface area (Å²) in [6.45, 7) is 8.14. The molecule has 0 atom stereocenters. The average molecular weight is 418 g/mol. The third-order valence-corrected chi connectivity index (χ3v) is 7.62. The molecule has 0 unspecified atom stereocenters. The van der Waals surface area contributed by atoms with E-state index in [0.717, 1.165) is 30.8 Å². The minimum absolute atomic E-state index is 0.288. The molecule has 0 aliphatic carbocycles. The lowest BCUT2D eigenvalue weighted by molar-refractivity contribution is 0.399. The van der Waals surface area contributed by atoms with Crippen LogP contribution < -0.4 is 5.32 Å². The molecule has 150 valence electrons. The summed E-state index contributed by atoms with van der Waals surface area (Å²) in [4.78, 5) is 2.42. The van der Waals surface area contributed by atoms with Gasteiger partial charge in [0.25, 0.3) is 0 Å². The van der Waals surface area contributed by atoms with Crippen LogP contribution in [0.3, 0.4) is 0 Å². The van der Waals surface area contributed by atoms with Crippen LogP contribution in [0.4, 0.5) is 5.69 Å². The van der Waals surface area contributed by atoms with Gasteiger partial charge >= 0.3 is 0 Å². The highest BCUT2D eigenvalue weighted by atomic mass is 32.2.